The van der Waals surface area contributed by atoms with Crippen LogP contribution < -0.4 is 4.80 Å². The molecule has 0 atom stereocenters. The van der Waals surface area contributed by atoms with E-state index >= 15 is 0 Å². The van der Waals surface area contributed by atoms with Gasteiger partial charge in [0.2, 0.25) is 0 Å². The van der Waals surface area contributed by atoms with E-state index < -0.39 is 27.5 Å². The topological polar surface area (TPSA) is 94.8 Å². The first-order chi connectivity index (χ1) is 13.7. The maximum absolute atomic E-state index is 14.3. The van der Waals surface area contributed by atoms with Crippen molar-refractivity contribution in [3.05, 3.63) is 58.6 Å². The van der Waals surface area contributed by atoms with Crippen LogP contribution in [-0.4, -0.2) is 38.2 Å². The van der Waals surface area contributed by atoms with Crippen molar-refractivity contribution < 1.29 is 27.1 Å². The predicted molar refractivity (Wildman–Crippen MR) is 106 cm³/mol. The largest absolute Gasteiger partial charge is 0.468 e. The Morgan fingerprint density at radius 1 is 1.17 bits per heavy atom. The summed E-state index contributed by atoms with van der Waals surface area (Å²) in [4.78, 5) is 28.5. The van der Waals surface area contributed by atoms with Gasteiger partial charge in [0.25, 0.3) is 5.91 Å². The van der Waals surface area contributed by atoms with Crippen LogP contribution in [0, 0.1) is 5.82 Å². The maximum Gasteiger partial charge on any atom is 0.325 e. The number of methoxy groups -OCH3 is 1. The molecule has 0 spiro atoms. The van der Waals surface area contributed by atoms with Crippen LogP contribution in [0.4, 0.5) is 4.39 Å². The van der Waals surface area contributed by atoms with Gasteiger partial charge in [-0.05, 0) is 29.8 Å². The second kappa shape index (κ2) is 8.26. The van der Waals surface area contributed by atoms with Crippen LogP contribution in [-0.2, 0) is 37.1 Å². The molecule has 7 nitrogen and oxygen atoms in total. The third-order valence-electron chi connectivity index (χ3n) is 4.09. The van der Waals surface area contributed by atoms with Gasteiger partial charge in [0.15, 0.2) is 14.6 Å². The lowest BCUT2D eigenvalue weighted by Gasteiger charge is -2.04. The molecule has 0 saturated carbocycles. The molecule has 1 aromatic heterocycles. The molecule has 0 aliphatic heterocycles. The van der Waals surface area contributed by atoms with Crippen molar-refractivity contribution in [1.82, 2.24) is 4.57 Å². The Hall–Kier alpha value is -2.85. The number of hydrogen-bond acceptors (Lipinski definition) is 6. The fourth-order valence-corrected chi connectivity index (χ4v) is 4.38. The highest BCUT2D eigenvalue weighted by Gasteiger charge is 2.15. The fraction of sp³-hybridized carbons (Fsp3) is 0.211. The Morgan fingerprint density at radius 2 is 1.86 bits per heavy atom. The lowest BCUT2D eigenvalue weighted by molar-refractivity contribution is -0.141. The summed E-state index contributed by atoms with van der Waals surface area (Å²) in [5.74, 6) is -1.64. The highest BCUT2D eigenvalue weighted by Crippen LogP contribution is 2.20. The van der Waals surface area contributed by atoms with Crippen molar-refractivity contribution in [2.24, 2.45) is 4.99 Å². The van der Waals surface area contributed by atoms with E-state index in [2.05, 4.69) is 9.73 Å². The third kappa shape index (κ3) is 4.77. The Labute approximate surface area is 170 Å². The van der Waals surface area contributed by atoms with Gasteiger partial charge < -0.3 is 9.30 Å². The molecule has 0 bridgehead atoms. The highest BCUT2D eigenvalue weighted by atomic mass is 32.2. The Balaban J connectivity index is 1.96. The highest BCUT2D eigenvalue weighted by molar-refractivity contribution is 7.90. The fourth-order valence-electron chi connectivity index (χ4n) is 2.69. The zero-order chi connectivity index (χ0) is 21.2. The first-order valence-electron chi connectivity index (χ1n) is 8.40. The number of esters is 1. The van der Waals surface area contributed by atoms with Gasteiger partial charge in [0.05, 0.1) is 28.6 Å². The van der Waals surface area contributed by atoms with E-state index in [1.165, 1.54) is 48.1 Å². The first-order valence-corrected chi connectivity index (χ1v) is 11.1. The molecule has 152 valence electrons. The van der Waals surface area contributed by atoms with Crippen LogP contribution in [0.2, 0.25) is 0 Å². The van der Waals surface area contributed by atoms with E-state index in [-0.39, 0.29) is 28.2 Å². The molecule has 0 fully saturated rings. The number of fused-ring (bicyclic) bond motifs is 1. The van der Waals surface area contributed by atoms with Gasteiger partial charge in [-0.15, -0.1) is 0 Å². The molecule has 0 radical (unpaired) electrons. The minimum Gasteiger partial charge on any atom is -0.468 e. The van der Waals surface area contributed by atoms with Crippen molar-refractivity contribution in [2.75, 3.05) is 13.4 Å². The van der Waals surface area contributed by atoms with E-state index in [0.717, 1.165) is 17.6 Å². The van der Waals surface area contributed by atoms with Gasteiger partial charge in [0, 0.05) is 6.26 Å². The minimum atomic E-state index is -3.32. The molecule has 1 heterocycles. The van der Waals surface area contributed by atoms with Crippen LogP contribution in [0.3, 0.4) is 0 Å². The standard InChI is InChI=1S/C19H17FN2O5S2/c1-27-17(24)11-22-18-14(20)4-3-5-15(18)28-19(22)21-16(23)10-12-6-8-13(9-7-12)29(2,25)26/h3-9H,10-11H2,1-2H3. The van der Waals surface area contributed by atoms with E-state index in [0.29, 0.717) is 10.3 Å². The van der Waals surface area contributed by atoms with Crippen LogP contribution in [0.15, 0.2) is 52.4 Å². The summed E-state index contributed by atoms with van der Waals surface area (Å²) in [5, 5.41) is 0. The molecule has 0 saturated heterocycles. The third-order valence-corrected chi connectivity index (χ3v) is 6.27. The van der Waals surface area contributed by atoms with E-state index in [9.17, 15) is 22.4 Å². The van der Waals surface area contributed by atoms with Crippen molar-refractivity contribution in [3.63, 3.8) is 0 Å². The lowest BCUT2D eigenvalue weighted by atomic mass is 10.1. The summed E-state index contributed by atoms with van der Waals surface area (Å²) in [5.41, 5.74) is 0.755. The molecule has 10 heteroatoms. The van der Waals surface area contributed by atoms with Crippen LogP contribution in [0.25, 0.3) is 10.2 Å². The number of nitrogens with zero attached hydrogens (tertiary/aromatic N) is 2. The summed E-state index contributed by atoms with van der Waals surface area (Å²) < 4.78 is 43.8. The predicted octanol–water partition coefficient (Wildman–Crippen LogP) is 2.09. The van der Waals surface area contributed by atoms with Gasteiger partial charge >= 0.3 is 5.97 Å². The number of aromatic nitrogens is 1. The number of thiazole rings is 1. The molecule has 1 amide bonds. The summed E-state index contributed by atoms with van der Waals surface area (Å²) in [6.07, 6.45) is 1.03. The van der Waals surface area contributed by atoms with Gasteiger partial charge in [-0.25, -0.2) is 12.8 Å². The minimum absolute atomic E-state index is 0.0704. The Morgan fingerprint density at radius 3 is 2.48 bits per heavy atom. The molecule has 0 N–H and O–H groups in total. The zero-order valence-corrected chi connectivity index (χ0v) is 17.2. The number of amides is 1. The number of carbonyl (C=O) groups is 2. The maximum atomic E-state index is 14.3. The van der Waals surface area contributed by atoms with Gasteiger partial charge in [-0.2, -0.15) is 4.99 Å². The molecule has 0 aliphatic rings. The van der Waals surface area contributed by atoms with E-state index in [4.69, 9.17) is 0 Å². The summed E-state index contributed by atoms with van der Waals surface area (Å²) in [7, 11) is -2.11. The van der Waals surface area contributed by atoms with E-state index in [1.54, 1.807) is 6.07 Å². The first kappa shape index (κ1) is 20.9. The molecular formula is C19H17FN2O5S2. The molecule has 3 aromatic rings. The lowest BCUT2D eigenvalue weighted by Crippen LogP contribution is -2.23. The smallest absolute Gasteiger partial charge is 0.325 e. The second-order valence-corrected chi connectivity index (χ2v) is 9.26. The van der Waals surface area contributed by atoms with Crippen molar-refractivity contribution in [2.45, 2.75) is 17.9 Å². The number of para-hydroxylation sites is 1. The molecule has 29 heavy (non-hydrogen) atoms. The molecule has 3 rings (SSSR count). The molecule has 2 aromatic carbocycles. The quantitative estimate of drug-likeness (QED) is 0.571. The van der Waals surface area contributed by atoms with Crippen molar-refractivity contribution >= 4 is 43.3 Å². The van der Waals surface area contributed by atoms with Crippen LogP contribution >= 0.6 is 11.3 Å². The van der Waals surface area contributed by atoms with E-state index in [1.807, 2.05) is 0 Å². The number of ether oxygens (including phenoxy) is 1. The number of carbonyl (C=O) groups excluding carboxylic acids is 2. The average Bonchev–Trinajstić information content (AvgIpc) is 2.99. The number of hydrogen-bond donors (Lipinski definition) is 0. The SMILES string of the molecule is COC(=O)Cn1c(=NC(=O)Cc2ccc(S(C)(=O)=O)cc2)sc2cccc(F)c21. The van der Waals surface area contributed by atoms with Gasteiger partial charge in [-0.3, -0.25) is 9.59 Å². The zero-order valence-electron chi connectivity index (χ0n) is 15.6. The monoisotopic (exact) mass is 436 g/mol. The normalized spacial score (nSPS) is 12.3. The summed E-state index contributed by atoms with van der Waals surface area (Å²) >= 11 is 1.08. The second-order valence-electron chi connectivity index (χ2n) is 6.23. The van der Waals surface area contributed by atoms with Crippen LogP contribution in [0.5, 0.6) is 0 Å². The number of benzene rings is 2. The Bertz CT molecular complexity index is 1260. The molecule has 0 unspecified atom stereocenters. The van der Waals surface area contributed by atoms with Crippen molar-refractivity contribution in [3.8, 4) is 0 Å². The van der Waals surface area contributed by atoms with Gasteiger partial charge in [0.1, 0.15) is 12.4 Å². The summed E-state index contributed by atoms with van der Waals surface area (Å²) in [6.45, 7) is -0.285. The Kier molecular flexibility index (Phi) is 5.94. The number of halogens is 1. The number of sulfone groups is 1. The number of rotatable bonds is 5. The molecular weight excluding hydrogens is 419 g/mol. The summed E-state index contributed by atoms with van der Waals surface area (Å²) in [6, 6.07) is 10.4. The van der Waals surface area contributed by atoms with Gasteiger partial charge in [-0.1, -0.05) is 29.5 Å². The van der Waals surface area contributed by atoms with Crippen LogP contribution in [0.1, 0.15) is 5.56 Å². The average molecular weight is 436 g/mol. The molecule has 0 aliphatic carbocycles. The van der Waals surface area contributed by atoms with Crippen molar-refractivity contribution in [1.29, 1.82) is 0 Å².